The maximum absolute atomic E-state index is 5.39. The van der Waals surface area contributed by atoms with E-state index in [0.29, 0.717) is 0 Å². The summed E-state index contributed by atoms with van der Waals surface area (Å²) in [6.45, 7) is 4.84. The van der Waals surface area contributed by atoms with Gasteiger partial charge in [-0.1, -0.05) is 6.07 Å². The predicted octanol–water partition coefficient (Wildman–Crippen LogP) is 3.82. The molecule has 1 aromatic carbocycles. The third kappa shape index (κ3) is 2.00. The Balaban J connectivity index is 2.13. The Morgan fingerprint density at radius 3 is 2.94 bits per heavy atom. The quantitative estimate of drug-likeness (QED) is 0.721. The highest BCUT2D eigenvalue weighted by Gasteiger charge is 2.07. The second kappa shape index (κ2) is 4.33. The van der Waals surface area contributed by atoms with Gasteiger partial charge in [-0.2, -0.15) is 0 Å². The van der Waals surface area contributed by atoms with E-state index >= 15 is 0 Å². The number of fused-ring (bicyclic) bond motifs is 1. The monoisotopic (exact) mass is 275 g/mol. The van der Waals surface area contributed by atoms with Crippen molar-refractivity contribution >= 4 is 34.6 Å². The molecule has 18 heavy (non-hydrogen) atoms. The average Bonchev–Trinajstić information content (AvgIpc) is 2.86. The summed E-state index contributed by atoms with van der Waals surface area (Å²) in [4.78, 5) is 7.73. The molecule has 3 rings (SSSR count). The van der Waals surface area contributed by atoms with E-state index in [1.165, 1.54) is 5.56 Å². The van der Waals surface area contributed by atoms with E-state index in [2.05, 4.69) is 45.0 Å². The number of rotatable bonds is 2. The minimum atomic E-state index is 0.729. The summed E-state index contributed by atoms with van der Waals surface area (Å²) in [5.41, 5.74) is 4.53. The summed E-state index contributed by atoms with van der Waals surface area (Å²) >= 11 is 7.06. The van der Waals surface area contributed by atoms with Crippen molar-refractivity contribution in [1.82, 2.24) is 14.5 Å². The van der Waals surface area contributed by atoms with E-state index in [4.69, 9.17) is 12.2 Å². The zero-order valence-electron chi connectivity index (χ0n) is 10.2. The molecular weight excluding hydrogens is 262 g/mol. The van der Waals surface area contributed by atoms with Crippen LogP contribution in [-0.4, -0.2) is 14.5 Å². The largest absolute Gasteiger partial charge is 0.331 e. The Bertz CT molecular complexity index is 764. The minimum absolute atomic E-state index is 0.729. The number of benzene rings is 1. The molecule has 3 nitrogen and oxygen atoms in total. The molecule has 0 aliphatic heterocycles. The van der Waals surface area contributed by atoms with Gasteiger partial charge in [0.15, 0.2) is 4.77 Å². The highest BCUT2D eigenvalue weighted by atomic mass is 32.1. The molecule has 0 aliphatic carbocycles. The van der Waals surface area contributed by atoms with Gasteiger partial charge in [-0.15, -0.1) is 11.3 Å². The summed E-state index contributed by atoms with van der Waals surface area (Å²) < 4.78 is 2.85. The fourth-order valence-corrected chi connectivity index (χ4v) is 2.94. The Morgan fingerprint density at radius 1 is 1.39 bits per heavy atom. The van der Waals surface area contributed by atoms with Crippen molar-refractivity contribution in [3.8, 4) is 0 Å². The number of thiazole rings is 1. The average molecular weight is 275 g/mol. The second-order valence-corrected chi connectivity index (χ2v) is 5.84. The number of hydrogen-bond acceptors (Lipinski definition) is 3. The fourth-order valence-electron chi connectivity index (χ4n) is 2.06. The van der Waals surface area contributed by atoms with Crippen LogP contribution in [-0.2, 0) is 6.54 Å². The fraction of sp³-hybridized carbons (Fsp3) is 0.231. The zero-order valence-corrected chi connectivity index (χ0v) is 11.9. The summed E-state index contributed by atoms with van der Waals surface area (Å²) in [5.74, 6) is 0. The lowest BCUT2D eigenvalue weighted by Gasteiger charge is -2.02. The van der Waals surface area contributed by atoms with Crippen LogP contribution in [0.5, 0.6) is 0 Å². The Kier molecular flexibility index (Phi) is 2.80. The maximum Gasteiger partial charge on any atom is 0.178 e. The summed E-state index contributed by atoms with van der Waals surface area (Å²) in [5, 5.41) is 3.18. The molecule has 0 unspecified atom stereocenters. The first-order valence-electron chi connectivity index (χ1n) is 5.73. The lowest BCUT2D eigenvalue weighted by Crippen LogP contribution is -2.00. The first-order valence-corrected chi connectivity index (χ1v) is 7.02. The Hall–Kier alpha value is -1.46. The van der Waals surface area contributed by atoms with Crippen molar-refractivity contribution in [3.63, 3.8) is 0 Å². The Labute approximate surface area is 114 Å². The summed E-state index contributed by atoms with van der Waals surface area (Å²) in [6, 6.07) is 6.31. The molecule has 0 atom stereocenters. The van der Waals surface area contributed by atoms with Gasteiger partial charge in [-0.3, -0.25) is 0 Å². The number of hydrogen-bond donors (Lipinski definition) is 1. The molecule has 92 valence electrons. The van der Waals surface area contributed by atoms with Gasteiger partial charge in [-0.25, -0.2) is 4.98 Å². The SMILES string of the molecule is Cc1ccc2[nH]c(=S)n(Cc3csc(C)n3)c2c1. The lowest BCUT2D eigenvalue weighted by atomic mass is 10.2. The number of nitrogens with zero attached hydrogens (tertiary/aromatic N) is 2. The van der Waals surface area contributed by atoms with Crippen molar-refractivity contribution in [2.45, 2.75) is 20.4 Å². The molecule has 0 fully saturated rings. The second-order valence-electron chi connectivity index (χ2n) is 4.39. The van der Waals surface area contributed by atoms with Crippen molar-refractivity contribution in [3.05, 3.63) is 44.6 Å². The van der Waals surface area contributed by atoms with Crippen molar-refractivity contribution < 1.29 is 0 Å². The van der Waals surface area contributed by atoms with E-state index in [-0.39, 0.29) is 0 Å². The van der Waals surface area contributed by atoms with Gasteiger partial charge in [0.05, 0.1) is 28.3 Å². The molecule has 2 heterocycles. The molecule has 0 spiro atoms. The van der Waals surface area contributed by atoms with Gasteiger partial charge in [0.1, 0.15) is 0 Å². The summed E-state index contributed by atoms with van der Waals surface area (Å²) in [6.07, 6.45) is 0. The number of imidazole rings is 1. The molecule has 0 saturated heterocycles. The predicted molar refractivity (Wildman–Crippen MR) is 77.8 cm³/mol. The first-order chi connectivity index (χ1) is 8.63. The third-order valence-electron chi connectivity index (χ3n) is 2.92. The van der Waals surface area contributed by atoms with Gasteiger partial charge < -0.3 is 9.55 Å². The van der Waals surface area contributed by atoms with Gasteiger partial charge in [0.2, 0.25) is 0 Å². The van der Waals surface area contributed by atoms with Crippen LogP contribution in [0.1, 0.15) is 16.3 Å². The molecule has 0 aliphatic rings. The lowest BCUT2D eigenvalue weighted by molar-refractivity contribution is 0.788. The van der Waals surface area contributed by atoms with Crippen molar-refractivity contribution in [2.75, 3.05) is 0 Å². The van der Waals surface area contributed by atoms with Crippen molar-refractivity contribution in [2.24, 2.45) is 0 Å². The van der Waals surface area contributed by atoms with Crippen LogP contribution < -0.4 is 0 Å². The van der Waals surface area contributed by atoms with E-state index in [1.807, 2.05) is 6.92 Å². The third-order valence-corrected chi connectivity index (χ3v) is 4.06. The normalized spacial score (nSPS) is 11.2. The number of aromatic nitrogens is 3. The van der Waals surface area contributed by atoms with Crippen LogP contribution in [0.4, 0.5) is 0 Å². The van der Waals surface area contributed by atoms with Gasteiger partial charge in [0, 0.05) is 5.38 Å². The summed E-state index contributed by atoms with van der Waals surface area (Å²) in [7, 11) is 0. The topological polar surface area (TPSA) is 33.6 Å². The molecule has 0 radical (unpaired) electrons. The van der Waals surface area contributed by atoms with Crippen LogP contribution in [0.15, 0.2) is 23.6 Å². The molecule has 2 aromatic heterocycles. The van der Waals surface area contributed by atoms with E-state index in [1.54, 1.807) is 11.3 Å². The molecule has 3 aromatic rings. The maximum atomic E-state index is 5.39. The molecule has 0 saturated carbocycles. The Morgan fingerprint density at radius 2 is 2.22 bits per heavy atom. The van der Waals surface area contributed by atoms with Crippen LogP contribution in [0, 0.1) is 18.6 Å². The number of aryl methyl sites for hydroxylation is 2. The number of nitrogens with one attached hydrogen (secondary N) is 1. The van der Waals surface area contributed by atoms with E-state index in [0.717, 1.165) is 33.1 Å². The number of H-pyrrole nitrogens is 1. The first kappa shape index (κ1) is 11.6. The standard InChI is InChI=1S/C13H13N3S2/c1-8-3-4-11-12(5-8)16(13(17)15-11)6-10-7-18-9(2)14-10/h3-5,7H,6H2,1-2H3,(H,15,17). The van der Waals surface area contributed by atoms with Crippen LogP contribution in [0.3, 0.4) is 0 Å². The molecule has 5 heteroatoms. The zero-order chi connectivity index (χ0) is 12.7. The highest BCUT2D eigenvalue weighted by molar-refractivity contribution is 7.71. The van der Waals surface area contributed by atoms with E-state index < -0.39 is 0 Å². The van der Waals surface area contributed by atoms with E-state index in [9.17, 15) is 0 Å². The molecule has 0 bridgehead atoms. The number of aromatic amines is 1. The van der Waals surface area contributed by atoms with Crippen LogP contribution in [0.25, 0.3) is 11.0 Å². The van der Waals surface area contributed by atoms with Gasteiger partial charge >= 0.3 is 0 Å². The smallest absolute Gasteiger partial charge is 0.178 e. The minimum Gasteiger partial charge on any atom is -0.331 e. The molecular formula is C13H13N3S2. The molecule has 1 N–H and O–H groups in total. The highest BCUT2D eigenvalue weighted by Crippen LogP contribution is 2.18. The van der Waals surface area contributed by atoms with Crippen LogP contribution in [0.2, 0.25) is 0 Å². The van der Waals surface area contributed by atoms with Crippen LogP contribution >= 0.6 is 23.6 Å². The van der Waals surface area contributed by atoms with Crippen molar-refractivity contribution in [1.29, 1.82) is 0 Å². The van der Waals surface area contributed by atoms with Gasteiger partial charge in [-0.05, 0) is 43.8 Å². The van der Waals surface area contributed by atoms with Gasteiger partial charge in [0.25, 0.3) is 0 Å². The molecule has 0 amide bonds.